The van der Waals surface area contributed by atoms with E-state index in [9.17, 15) is 0 Å². The summed E-state index contributed by atoms with van der Waals surface area (Å²) in [7, 11) is 0. The number of fused-ring (bicyclic) bond motifs is 6. The molecule has 11 aromatic rings. The molecule has 13 rings (SSSR count). The molecule has 10 aromatic carbocycles. The highest BCUT2D eigenvalue weighted by molar-refractivity contribution is 6.21. The van der Waals surface area contributed by atoms with Crippen molar-refractivity contribution in [1.29, 1.82) is 0 Å². The Morgan fingerprint density at radius 2 is 0.825 bits per heavy atom. The summed E-state index contributed by atoms with van der Waals surface area (Å²) in [5.41, 5.74) is 12.9. The van der Waals surface area contributed by atoms with Crippen LogP contribution in [-0.2, 0) is 0 Å². The fraction of sp³-hybridized carbons (Fsp3) is 0.0175. The van der Waals surface area contributed by atoms with Crippen LogP contribution in [0.1, 0.15) is 0 Å². The van der Waals surface area contributed by atoms with E-state index < -0.39 is 5.91 Å². The summed E-state index contributed by atoms with van der Waals surface area (Å²) in [4.78, 5) is 15.0. The first-order valence-electron chi connectivity index (χ1n) is 21.4. The molecule has 296 valence electrons. The van der Waals surface area contributed by atoms with Gasteiger partial charge in [0.15, 0.2) is 11.6 Å². The van der Waals surface area contributed by atoms with Crippen LogP contribution in [0, 0.1) is 0 Å². The first kappa shape index (κ1) is 35.3. The summed E-state index contributed by atoms with van der Waals surface area (Å²) in [5, 5.41) is 15.2. The first-order valence-corrected chi connectivity index (χ1v) is 21.4. The van der Waals surface area contributed by atoms with Crippen molar-refractivity contribution in [3.8, 4) is 33.4 Å². The summed E-state index contributed by atoms with van der Waals surface area (Å²) in [6.07, 6.45) is 0. The third kappa shape index (κ3) is 5.45. The van der Waals surface area contributed by atoms with Gasteiger partial charge in [-0.25, -0.2) is 9.97 Å². The quantitative estimate of drug-likeness (QED) is 0.169. The zero-order valence-corrected chi connectivity index (χ0v) is 34.1. The number of anilines is 6. The topological polar surface area (TPSA) is 56.3 Å². The average molecular weight is 807 g/mol. The molecule has 0 saturated carbocycles. The van der Waals surface area contributed by atoms with Crippen molar-refractivity contribution in [2.75, 3.05) is 20.4 Å². The van der Waals surface area contributed by atoms with E-state index in [-0.39, 0.29) is 0 Å². The van der Waals surface area contributed by atoms with Crippen LogP contribution in [0.4, 0.5) is 34.4 Å². The van der Waals surface area contributed by atoms with Gasteiger partial charge in [-0.1, -0.05) is 164 Å². The normalized spacial score (nSPS) is 13.7. The van der Waals surface area contributed by atoms with E-state index in [4.69, 9.17) is 9.97 Å². The Hall–Kier alpha value is -8.48. The van der Waals surface area contributed by atoms with Crippen molar-refractivity contribution < 1.29 is 0 Å². The second-order valence-electron chi connectivity index (χ2n) is 16.4. The number of nitrogens with zero attached hydrogens (tertiary/aromatic N) is 4. The van der Waals surface area contributed by atoms with Gasteiger partial charge >= 0.3 is 0 Å². The Balaban J connectivity index is 0.985. The van der Waals surface area contributed by atoms with Crippen molar-refractivity contribution >= 4 is 77.7 Å². The molecule has 0 fully saturated rings. The van der Waals surface area contributed by atoms with Gasteiger partial charge < -0.3 is 10.6 Å². The summed E-state index contributed by atoms with van der Waals surface area (Å²) in [6.45, 7) is 0. The molecule has 2 aliphatic heterocycles. The largest absolute Gasteiger partial charge is 0.308 e. The van der Waals surface area contributed by atoms with E-state index in [1.165, 1.54) is 49.0 Å². The zero-order valence-electron chi connectivity index (χ0n) is 34.1. The van der Waals surface area contributed by atoms with Gasteiger partial charge in [0.05, 0.1) is 22.4 Å². The van der Waals surface area contributed by atoms with Gasteiger partial charge in [0, 0.05) is 11.4 Å². The van der Waals surface area contributed by atoms with Crippen molar-refractivity contribution in [3.63, 3.8) is 0 Å². The molecule has 1 aromatic heterocycles. The van der Waals surface area contributed by atoms with Crippen molar-refractivity contribution in [2.24, 2.45) is 0 Å². The predicted octanol–water partition coefficient (Wildman–Crippen LogP) is 14.5. The standard InChI is InChI=1S/C57H38N6/c1-2-15-37(16-3-1)41-19-14-20-44(36-41)63-52-28-13-12-27-51(52)62(57(63)60-55-56(61-57)59-50-26-11-10-25-49(50)58-55)43-33-31-39(32-34-43)53-45-21-6-8-23-47(45)54(48-24-9-7-22-46(48)53)42-30-29-38-17-4-5-18-40(38)35-42/h1-36H,(H,58,60)(H,59,61). The molecular weight excluding hydrogens is 769 g/mol. The summed E-state index contributed by atoms with van der Waals surface area (Å²) >= 11 is 0. The first-order chi connectivity index (χ1) is 31.2. The molecule has 6 nitrogen and oxygen atoms in total. The number of rotatable bonds is 5. The van der Waals surface area contributed by atoms with Crippen molar-refractivity contribution in [1.82, 2.24) is 9.97 Å². The number of nitrogens with one attached hydrogen (secondary N) is 2. The summed E-state index contributed by atoms with van der Waals surface area (Å²) < 4.78 is 0. The van der Waals surface area contributed by atoms with Crippen LogP contribution in [0.15, 0.2) is 218 Å². The molecule has 2 aliphatic rings. The van der Waals surface area contributed by atoms with Crippen LogP contribution < -0.4 is 20.4 Å². The highest BCUT2D eigenvalue weighted by atomic mass is 15.7. The Bertz CT molecular complexity index is 3500. The molecular formula is C57H38N6. The second kappa shape index (κ2) is 13.8. The predicted molar refractivity (Wildman–Crippen MR) is 262 cm³/mol. The van der Waals surface area contributed by atoms with Gasteiger partial charge in [-0.05, 0) is 120 Å². The lowest BCUT2D eigenvalue weighted by atomic mass is 9.85. The fourth-order valence-corrected chi connectivity index (χ4v) is 10.0. The minimum atomic E-state index is -1.04. The van der Waals surface area contributed by atoms with Gasteiger partial charge in [0.25, 0.3) is 5.91 Å². The average Bonchev–Trinajstić information content (AvgIpc) is 3.85. The SMILES string of the molecule is c1ccc(-c2cccc(N3c4ccccc4N(c4ccc(-c5c6ccccc6c(-c6ccc7ccccc7c6)c6ccccc56)cc4)C34Nc3nc5ccccc5nc3N4)c2)cc1. The molecule has 0 atom stereocenters. The molecule has 0 amide bonds. The van der Waals surface area contributed by atoms with Crippen molar-refractivity contribution in [3.05, 3.63) is 218 Å². The second-order valence-corrected chi connectivity index (χ2v) is 16.4. The molecule has 6 heteroatoms. The van der Waals surface area contributed by atoms with E-state index in [1.54, 1.807) is 0 Å². The molecule has 0 radical (unpaired) electrons. The van der Waals surface area contributed by atoms with Gasteiger partial charge in [-0.3, -0.25) is 9.80 Å². The maximum atomic E-state index is 5.12. The van der Waals surface area contributed by atoms with Crippen molar-refractivity contribution in [2.45, 2.75) is 5.91 Å². The van der Waals surface area contributed by atoms with Crippen LogP contribution in [-0.4, -0.2) is 15.9 Å². The lowest BCUT2D eigenvalue weighted by molar-refractivity contribution is 0.588. The monoisotopic (exact) mass is 806 g/mol. The minimum Gasteiger partial charge on any atom is -0.308 e. The molecule has 0 unspecified atom stereocenters. The Labute approximate surface area is 364 Å². The maximum absolute atomic E-state index is 5.12. The summed E-state index contributed by atoms with van der Waals surface area (Å²) in [6, 6.07) is 78.2. The van der Waals surface area contributed by atoms with Crippen LogP contribution in [0.3, 0.4) is 0 Å². The van der Waals surface area contributed by atoms with E-state index >= 15 is 0 Å². The van der Waals surface area contributed by atoms with Gasteiger partial charge in [-0.2, -0.15) is 0 Å². The van der Waals surface area contributed by atoms with E-state index in [0.717, 1.165) is 50.5 Å². The molecule has 0 bridgehead atoms. The minimum absolute atomic E-state index is 0.691. The highest BCUT2D eigenvalue weighted by Gasteiger charge is 2.56. The number of para-hydroxylation sites is 4. The number of benzene rings is 10. The van der Waals surface area contributed by atoms with E-state index in [1.807, 2.05) is 24.3 Å². The summed E-state index contributed by atoms with van der Waals surface area (Å²) in [5.74, 6) is 0.342. The highest BCUT2D eigenvalue weighted by Crippen LogP contribution is 2.56. The third-order valence-electron chi connectivity index (χ3n) is 12.8. The maximum Gasteiger partial charge on any atom is 0.284 e. The Morgan fingerprint density at radius 1 is 0.333 bits per heavy atom. The molecule has 0 saturated heterocycles. The van der Waals surface area contributed by atoms with Crippen LogP contribution in [0.2, 0.25) is 0 Å². The van der Waals surface area contributed by atoms with Gasteiger partial charge in [0.1, 0.15) is 0 Å². The lowest BCUT2D eigenvalue weighted by Gasteiger charge is -2.42. The third-order valence-corrected chi connectivity index (χ3v) is 12.8. The van der Waals surface area contributed by atoms with Gasteiger partial charge in [-0.15, -0.1) is 0 Å². The number of hydrogen-bond donors (Lipinski definition) is 2. The van der Waals surface area contributed by atoms with Gasteiger partial charge in [0.2, 0.25) is 0 Å². The number of aromatic nitrogens is 2. The molecule has 0 aliphatic carbocycles. The molecule has 2 N–H and O–H groups in total. The fourth-order valence-electron chi connectivity index (χ4n) is 10.0. The Kier molecular flexibility index (Phi) is 7.72. The van der Waals surface area contributed by atoms with Crippen LogP contribution in [0.25, 0.3) is 76.7 Å². The Morgan fingerprint density at radius 3 is 1.46 bits per heavy atom. The smallest absolute Gasteiger partial charge is 0.284 e. The molecule has 3 heterocycles. The van der Waals surface area contributed by atoms with Crippen LogP contribution >= 0.6 is 0 Å². The van der Waals surface area contributed by atoms with Crippen LogP contribution in [0.5, 0.6) is 0 Å². The molecule has 63 heavy (non-hydrogen) atoms. The number of hydrogen-bond acceptors (Lipinski definition) is 6. The van der Waals surface area contributed by atoms with E-state index in [0.29, 0.717) is 11.6 Å². The van der Waals surface area contributed by atoms with E-state index in [2.05, 4.69) is 215 Å². The zero-order chi connectivity index (χ0) is 41.5. The molecule has 1 spiro atoms. The lowest BCUT2D eigenvalue weighted by Crippen LogP contribution is -2.62.